The summed E-state index contributed by atoms with van der Waals surface area (Å²) in [6.45, 7) is 2.27. The van der Waals surface area contributed by atoms with Gasteiger partial charge >= 0.3 is 202 Å². The third kappa shape index (κ3) is 6.63. The maximum absolute atomic E-state index is 9.45. The van der Waals surface area contributed by atoms with E-state index in [9.17, 15) is 10.5 Å². The molecule has 0 aliphatic heterocycles. The van der Waals surface area contributed by atoms with Crippen molar-refractivity contribution in [1.29, 1.82) is 10.5 Å². The van der Waals surface area contributed by atoms with Gasteiger partial charge in [0.25, 0.3) is 0 Å². The van der Waals surface area contributed by atoms with Crippen LogP contribution in [0.25, 0.3) is 0 Å². The number of hydrogen-bond acceptors (Lipinski definition) is 2. The number of rotatable bonds is 8. The molecule has 0 heterocycles. The Morgan fingerprint density at radius 2 is 1.58 bits per heavy atom. The van der Waals surface area contributed by atoms with Crippen LogP contribution >= 0.6 is 23.2 Å². The van der Waals surface area contributed by atoms with Crippen LogP contribution < -0.4 is 0 Å². The zero-order valence-corrected chi connectivity index (χ0v) is 20.6. The van der Waals surface area contributed by atoms with E-state index in [0.29, 0.717) is 21.7 Å². The molecule has 0 fully saturated rings. The second-order valence-electron chi connectivity index (χ2n) is 7.50. The first-order chi connectivity index (χ1) is 15.0. The van der Waals surface area contributed by atoms with E-state index in [1.165, 1.54) is 11.1 Å². The number of halogens is 2. The molecule has 1 unspecified atom stereocenters. The van der Waals surface area contributed by atoms with E-state index in [0.717, 1.165) is 17.0 Å². The minimum absolute atomic E-state index is 0.196. The summed E-state index contributed by atoms with van der Waals surface area (Å²) in [6.07, 6.45) is 1.34. The van der Waals surface area contributed by atoms with Gasteiger partial charge in [0.05, 0.1) is 0 Å². The standard InChI is InChI=1S/C26H22AsCl2N2/c1-18(27-26(12-13-30)22-6-3-7-24(29)16-22)25(15-19-8-10-23(28)11-9-19)21-5-2-4-20(14-21)17-31/h2-11,14,16,18,25-26H,12,15H2,1H3/t18-,25?,26-/m0/s1. The molecule has 0 aromatic heterocycles. The van der Waals surface area contributed by atoms with Gasteiger partial charge in [0, 0.05) is 0 Å². The molecule has 1 radical (unpaired) electrons. The van der Waals surface area contributed by atoms with Crippen molar-refractivity contribution >= 4 is 39.0 Å². The van der Waals surface area contributed by atoms with Crippen molar-refractivity contribution in [3.63, 3.8) is 0 Å². The third-order valence-electron chi connectivity index (χ3n) is 5.33. The Bertz CT molecular complexity index is 1100. The monoisotopic (exact) mass is 507 g/mol. The number of nitrogens with zero attached hydrogens (tertiary/aromatic N) is 2. The molecule has 3 aromatic carbocycles. The molecule has 0 bridgehead atoms. The summed E-state index contributed by atoms with van der Waals surface area (Å²) in [5, 5.41) is 20.3. The van der Waals surface area contributed by atoms with E-state index in [1.807, 2.05) is 48.5 Å². The van der Waals surface area contributed by atoms with Crippen molar-refractivity contribution in [2.45, 2.75) is 35.1 Å². The van der Waals surface area contributed by atoms with Gasteiger partial charge in [0.2, 0.25) is 0 Å². The van der Waals surface area contributed by atoms with Gasteiger partial charge in [-0.2, -0.15) is 0 Å². The first kappa shape index (κ1) is 23.4. The Kier molecular flexibility index (Phi) is 8.63. The van der Waals surface area contributed by atoms with Gasteiger partial charge in [0.1, 0.15) is 0 Å². The van der Waals surface area contributed by atoms with Gasteiger partial charge in [0.15, 0.2) is 0 Å². The summed E-state index contributed by atoms with van der Waals surface area (Å²) >= 11 is 12.1. The van der Waals surface area contributed by atoms with Gasteiger partial charge in [-0.25, -0.2) is 0 Å². The van der Waals surface area contributed by atoms with Crippen molar-refractivity contribution < 1.29 is 0 Å². The summed E-state index contributed by atoms with van der Waals surface area (Å²) in [4.78, 5) is 0. The molecule has 3 aromatic rings. The van der Waals surface area contributed by atoms with Crippen LogP contribution in [-0.4, -0.2) is 15.8 Å². The Morgan fingerprint density at radius 3 is 2.26 bits per heavy atom. The molecule has 0 saturated carbocycles. The quantitative estimate of drug-likeness (QED) is 0.299. The van der Waals surface area contributed by atoms with Crippen LogP contribution in [0.15, 0.2) is 72.8 Å². The van der Waals surface area contributed by atoms with Gasteiger partial charge in [-0.3, -0.25) is 0 Å². The fourth-order valence-electron chi connectivity index (χ4n) is 3.72. The topological polar surface area (TPSA) is 47.6 Å². The van der Waals surface area contributed by atoms with Gasteiger partial charge in [-0.15, -0.1) is 0 Å². The van der Waals surface area contributed by atoms with Crippen LogP contribution in [0, 0.1) is 22.7 Å². The summed E-state index contributed by atoms with van der Waals surface area (Å²) < 4.78 is 0.569. The predicted octanol–water partition coefficient (Wildman–Crippen LogP) is 7.36. The van der Waals surface area contributed by atoms with Crippen LogP contribution in [0.5, 0.6) is 0 Å². The van der Waals surface area contributed by atoms with Crippen molar-refractivity contribution in [1.82, 2.24) is 0 Å². The molecule has 31 heavy (non-hydrogen) atoms. The van der Waals surface area contributed by atoms with Crippen molar-refractivity contribution in [2.24, 2.45) is 0 Å². The summed E-state index contributed by atoms with van der Waals surface area (Å²) in [6, 6.07) is 28.4. The van der Waals surface area contributed by atoms with Crippen molar-refractivity contribution in [2.75, 3.05) is 0 Å². The van der Waals surface area contributed by atoms with Gasteiger partial charge in [-0.05, 0) is 0 Å². The van der Waals surface area contributed by atoms with Crippen LogP contribution in [-0.2, 0) is 6.42 Å². The summed E-state index contributed by atoms with van der Waals surface area (Å²) in [5.41, 5.74) is 4.19. The molecule has 0 N–H and O–H groups in total. The van der Waals surface area contributed by atoms with E-state index in [4.69, 9.17) is 23.2 Å². The zero-order valence-electron chi connectivity index (χ0n) is 17.2. The molecule has 0 saturated heterocycles. The first-order valence-electron chi connectivity index (χ1n) is 10.1. The van der Waals surface area contributed by atoms with Crippen molar-refractivity contribution in [3.05, 3.63) is 105 Å². The average molecular weight is 508 g/mol. The Morgan fingerprint density at radius 1 is 0.871 bits per heavy atom. The van der Waals surface area contributed by atoms with Crippen molar-refractivity contribution in [3.8, 4) is 12.1 Å². The fourth-order valence-corrected chi connectivity index (χ4v) is 7.35. The van der Waals surface area contributed by atoms with Crippen LogP contribution in [0.3, 0.4) is 0 Å². The molecule has 0 aliphatic carbocycles. The molecule has 155 valence electrons. The molecule has 2 nitrogen and oxygen atoms in total. The van der Waals surface area contributed by atoms with E-state index in [2.05, 4.69) is 43.3 Å². The molecule has 5 heteroatoms. The van der Waals surface area contributed by atoms with Crippen LogP contribution in [0.2, 0.25) is 14.8 Å². The zero-order chi connectivity index (χ0) is 22.2. The van der Waals surface area contributed by atoms with E-state index < -0.39 is 0 Å². The molecule has 3 rings (SSSR count). The molecule has 3 atom stereocenters. The summed E-state index contributed by atoms with van der Waals surface area (Å²) in [5.74, 6) is 0.245. The van der Waals surface area contributed by atoms with Gasteiger partial charge in [-0.1, -0.05) is 0 Å². The van der Waals surface area contributed by atoms with E-state index in [-0.39, 0.29) is 26.4 Å². The minimum atomic E-state index is -0.196. The SMILES string of the molecule is C[C@H]([As][C@@H](CC#N)c1cccc(Cl)c1)C(Cc1ccc(Cl)cc1)c1cccc(C#N)c1. The van der Waals surface area contributed by atoms with Crippen LogP contribution in [0.1, 0.15) is 46.2 Å². The fraction of sp³-hybridized carbons (Fsp3) is 0.231. The first-order valence-corrected chi connectivity index (χ1v) is 13.0. The number of benzene rings is 3. The Hall–Kier alpha value is -2.22. The normalized spacial score (nSPS) is 14.0. The predicted molar refractivity (Wildman–Crippen MR) is 129 cm³/mol. The Labute approximate surface area is 201 Å². The summed E-state index contributed by atoms with van der Waals surface area (Å²) in [7, 11) is 0. The number of nitriles is 2. The molecular weight excluding hydrogens is 486 g/mol. The van der Waals surface area contributed by atoms with Crippen LogP contribution in [0.4, 0.5) is 0 Å². The second kappa shape index (κ2) is 11.4. The molecule has 0 aliphatic rings. The third-order valence-corrected chi connectivity index (χ3v) is 9.32. The maximum atomic E-state index is 9.45. The number of hydrogen-bond donors (Lipinski definition) is 0. The molecular formula is C26H22AsCl2N2. The van der Waals surface area contributed by atoms with E-state index >= 15 is 0 Å². The van der Waals surface area contributed by atoms with E-state index in [1.54, 1.807) is 0 Å². The Balaban J connectivity index is 1.91. The molecule has 0 amide bonds. The second-order valence-corrected chi connectivity index (χ2v) is 12.0. The molecule has 0 spiro atoms. The average Bonchev–Trinajstić information content (AvgIpc) is 2.78. The van der Waals surface area contributed by atoms with Gasteiger partial charge < -0.3 is 0 Å².